The number of benzene rings is 1. The van der Waals surface area contributed by atoms with Crippen LogP contribution in [-0.2, 0) is 14.3 Å². The molecule has 0 aromatic heterocycles. The van der Waals surface area contributed by atoms with Crippen molar-refractivity contribution in [2.45, 2.75) is 19.1 Å². The molecule has 1 aliphatic rings. The summed E-state index contributed by atoms with van der Waals surface area (Å²) in [6.07, 6.45) is -0.525. The van der Waals surface area contributed by atoms with Crippen LogP contribution in [0.3, 0.4) is 0 Å². The topological polar surface area (TPSA) is 79.5 Å². The molecule has 0 spiro atoms. The molecule has 1 aliphatic heterocycles. The van der Waals surface area contributed by atoms with Crippen LogP contribution >= 0.6 is 11.8 Å². The highest BCUT2D eigenvalue weighted by atomic mass is 32.2. The second kappa shape index (κ2) is 7.44. The molecule has 0 saturated carbocycles. The minimum atomic E-state index is -0.525. The Balaban J connectivity index is 1.97. The minimum Gasteiger partial charge on any atom is -0.372 e. The smallest absolute Gasteiger partial charge is 0.253 e. The van der Waals surface area contributed by atoms with Crippen LogP contribution in [0.15, 0.2) is 24.3 Å². The molecule has 2 amide bonds. The summed E-state index contributed by atoms with van der Waals surface area (Å²) in [6, 6.07) is 6.89. The van der Waals surface area contributed by atoms with Gasteiger partial charge in [0.05, 0.1) is 6.04 Å². The standard InChI is InChI=1S/C14H19N3O3S/c1-9(20-2)13(18)16-10-4-3-5-11(6-10)17-14(19)12-7-21-8-15-12/h3-6,9,12,15H,7-8H2,1-2H3,(H,16,18)(H,17,19). The van der Waals surface area contributed by atoms with E-state index in [0.29, 0.717) is 11.4 Å². The fourth-order valence-electron chi connectivity index (χ4n) is 1.82. The van der Waals surface area contributed by atoms with E-state index in [-0.39, 0.29) is 17.9 Å². The van der Waals surface area contributed by atoms with Crippen molar-refractivity contribution in [3.63, 3.8) is 0 Å². The summed E-state index contributed by atoms with van der Waals surface area (Å²) in [5.41, 5.74) is 1.28. The molecule has 1 saturated heterocycles. The van der Waals surface area contributed by atoms with E-state index in [1.165, 1.54) is 7.11 Å². The lowest BCUT2D eigenvalue weighted by atomic mass is 10.2. The number of anilines is 2. The Morgan fingerprint density at radius 2 is 2.10 bits per heavy atom. The number of methoxy groups -OCH3 is 1. The Bertz CT molecular complexity index is 518. The van der Waals surface area contributed by atoms with Gasteiger partial charge in [0.25, 0.3) is 5.91 Å². The molecule has 21 heavy (non-hydrogen) atoms. The van der Waals surface area contributed by atoms with Crippen LogP contribution in [0.4, 0.5) is 11.4 Å². The molecule has 114 valence electrons. The van der Waals surface area contributed by atoms with Gasteiger partial charge in [0.15, 0.2) is 0 Å². The number of carbonyl (C=O) groups excluding carboxylic acids is 2. The van der Waals surface area contributed by atoms with Gasteiger partial charge in [0.1, 0.15) is 6.10 Å². The predicted molar refractivity (Wildman–Crippen MR) is 84.4 cm³/mol. The van der Waals surface area contributed by atoms with Gasteiger partial charge in [-0.15, -0.1) is 11.8 Å². The Hall–Kier alpha value is -1.57. The van der Waals surface area contributed by atoms with Gasteiger partial charge < -0.3 is 15.4 Å². The lowest BCUT2D eigenvalue weighted by Crippen LogP contribution is -2.37. The third kappa shape index (κ3) is 4.45. The number of nitrogens with one attached hydrogen (secondary N) is 3. The largest absolute Gasteiger partial charge is 0.372 e. The summed E-state index contributed by atoms with van der Waals surface area (Å²) in [7, 11) is 1.48. The van der Waals surface area contributed by atoms with Crippen molar-refractivity contribution in [3.8, 4) is 0 Å². The van der Waals surface area contributed by atoms with Gasteiger partial charge in [-0.1, -0.05) is 6.07 Å². The van der Waals surface area contributed by atoms with Crippen molar-refractivity contribution < 1.29 is 14.3 Å². The fourth-order valence-corrected chi connectivity index (χ4v) is 2.76. The highest BCUT2D eigenvalue weighted by Crippen LogP contribution is 2.17. The van der Waals surface area contributed by atoms with E-state index in [9.17, 15) is 9.59 Å². The van der Waals surface area contributed by atoms with Gasteiger partial charge in [0, 0.05) is 30.1 Å². The van der Waals surface area contributed by atoms with E-state index in [0.717, 1.165) is 11.6 Å². The van der Waals surface area contributed by atoms with Crippen molar-refractivity contribution in [2.75, 3.05) is 29.4 Å². The molecule has 1 heterocycles. The van der Waals surface area contributed by atoms with E-state index < -0.39 is 6.10 Å². The molecule has 7 heteroatoms. The maximum Gasteiger partial charge on any atom is 0.253 e. The summed E-state index contributed by atoms with van der Waals surface area (Å²) >= 11 is 1.70. The average molecular weight is 309 g/mol. The van der Waals surface area contributed by atoms with Crippen LogP contribution < -0.4 is 16.0 Å². The molecular formula is C14H19N3O3S. The lowest BCUT2D eigenvalue weighted by Gasteiger charge is -2.13. The van der Waals surface area contributed by atoms with Crippen molar-refractivity contribution >= 4 is 35.0 Å². The van der Waals surface area contributed by atoms with Gasteiger partial charge in [-0.05, 0) is 25.1 Å². The second-order valence-electron chi connectivity index (χ2n) is 4.71. The highest BCUT2D eigenvalue weighted by molar-refractivity contribution is 7.99. The maximum absolute atomic E-state index is 12.0. The maximum atomic E-state index is 12.0. The number of hydrogen-bond acceptors (Lipinski definition) is 5. The second-order valence-corrected chi connectivity index (χ2v) is 5.74. The van der Waals surface area contributed by atoms with Crippen molar-refractivity contribution in [1.82, 2.24) is 5.32 Å². The summed E-state index contributed by atoms with van der Waals surface area (Å²) in [4.78, 5) is 23.8. The van der Waals surface area contributed by atoms with Crippen molar-refractivity contribution in [3.05, 3.63) is 24.3 Å². The first-order valence-corrected chi connectivity index (χ1v) is 7.81. The minimum absolute atomic E-state index is 0.0614. The monoisotopic (exact) mass is 309 g/mol. The van der Waals surface area contributed by atoms with Crippen LogP contribution in [0.2, 0.25) is 0 Å². The first-order chi connectivity index (χ1) is 10.1. The van der Waals surface area contributed by atoms with Gasteiger partial charge in [0.2, 0.25) is 5.91 Å². The molecule has 0 bridgehead atoms. The average Bonchev–Trinajstić information content (AvgIpc) is 3.01. The molecule has 6 nitrogen and oxygen atoms in total. The molecule has 0 radical (unpaired) electrons. The third-order valence-corrected chi connectivity index (χ3v) is 4.09. The molecule has 3 N–H and O–H groups in total. The summed E-state index contributed by atoms with van der Waals surface area (Å²) in [5.74, 6) is 1.28. The van der Waals surface area contributed by atoms with Gasteiger partial charge >= 0.3 is 0 Å². The number of amides is 2. The number of ether oxygens (including phenoxy) is 1. The Kier molecular flexibility index (Phi) is 5.60. The fraction of sp³-hybridized carbons (Fsp3) is 0.429. The normalized spacial score (nSPS) is 19.0. The number of carbonyl (C=O) groups is 2. The zero-order chi connectivity index (χ0) is 15.2. The van der Waals surface area contributed by atoms with Gasteiger partial charge in [-0.2, -0.15) is 0 Å². The molecule has 1 aromatic rings. The van der Waals surface area contributed by atoms with Crippen LogP contribution in [-0.4, -0.2) is 42.7 Å². The number of rotatable bonds is 5. The lowest BCUT2D eigenvalue weighted by molar-refractivity contribution is -0.124. The summed E-state index contributed by atoms with van der Waals surface area (Å²) < 4.78 is 4.95. The van der Waals surface area contributed by atoms with E-state index in [2.05, 4.69) is 16.0 Å². The molecular weight excluding hydrogens is 290 g/mol. The first-order valence-electron chi connectivity index (χ1n) is 6.66. The highest BCUT2D eigenvalue weighted by Gasteiger charge is 2.22. The molecule has 2 rings (SSSR count). The zero-order valence-corrected chi connectivity index (χ0v) is 12.8. The molecule has 1 fully saturated rings. The summed E-state index contributed by atoms with van der Waals surface area (Å²) in [6.45, 7) is 1.67. The summed E-state index contributed by atoms with van der Waals surface area (Å²) in [5, 5.41) is 8.69. The van der Waals surface area contributed by atoms with Crippen LogP contribution in [0, 0.1) is 0 Å². The van der Waals surface area contributed by atoms with Crippen molar-refractivity contribution in [1.29, 1.82) is 0 Å². The van der Waals surface area contributed by atoms with E-state index in [1.807, 2.05) is 0 Å². The van der Waals surface area contributed by atoms with Gasteiger partial charge in [-0.25, -0.2) is 0 Å². The van der Waals surface area contributed by atoms with Crippen molar-refractivity contribution in [2.24, 2.45) is 0 Å². The zero-order valence-electron chi connectivity index (χ0n) is 12.0. The molecule has 0 aliphatic carbocycles. The molecule has 2 unspecified atom stereocenters. The van der Waals surface area contributed by atoms with E-state index in [1.54, 1.807) is 43.0 Å². The number of hydrogen-bond donors (Lipinski definition) is 3. The van der Waals surface area contributed by atoms with Crippen LogP contribution in [0.5, 0.6) is 0 Å². The van der Waals surface area contributed by atoms with E-state index in [4.69, 9.17) is 4.74 Å². The SMILES string of the molecule is COC(C)C(=O)Nc1cccc(NC(=O)C2CSCN2)c1. The first kappa shape index (κ1) is 15.8. The molecule has 2 atom stereocenters. The van der Waals surface area contributed by atoms with Gasteiger partial charge in [-0.3, -0.25) is 14.9 Å². The quantitative estimate of drug-likeness (QED) is 0.763. The Morgan fingerprint density at radius 1 is 1.38 bits per heavy atom. The third-order valence-electron chi connectivity index (χ3n) is 3.15. The Labute approximate surface area is 128 Å². The van der Waals surface area contributed by atoms with E-state index >= 15 is 0 Å². The molecule has 1 aromatic carbocycles. The van der Waals surface area contributed by atoms with Crippen LogP contribution in [0.1, 0.15) is 6.92 Å². The number of thioether (sulfide) groups is 1. The predicted octanol–water partition coefficient (Wildman–Crippen LogP) is 1.26. The van der Waals surface area contributed by atoms with Crippen LogP contribution in [0.25, 0.3) is 0 Å². The Morgan fingerprint density at radius 3 is 2.71 bits per heavy atom.